The van der Waals surface area contributed by atoms with Crippen LogP contribution in [0.4, 0.5) is 0 Å². The Hall–Kier alpha value is -1.88. The number of nitrogens with one attached hydrogen (secondary N) is 1. The van der Waals surface area contributed by atoms with Crippen LogP contribution in [0.15, 0.2) is 39.7 Å². The quantitative estimate of drug-likeness (QED) is 0.558. The van der Waals surface area contributed by atoms with Crippen molar-refractivity contribution < 1.29 is 13.2 Å². The van der Waals surface area contributed by atoms with Crippen LogP contribution in [0.25, 0.3) is 0 Å². The number of aliphatic imine (C=N–C) groups is 1. The Kier molecular flexibility index (Phi) is 6.76. The van der Waals surface area contributed by atoms with Crippen molar-refractivity contribution in [2.75, 3.05) is 40.4 Å². The highest BCUT2D eigenvalue weighted by Crippen LogP contribution is 2.25. The monoisotopic (exact) mass is 425 g/mol. The fourth-order valence-corrected chi connectivity index (χ4v) is 5.89. The minimum Gasteiger partial charge on any atom is -0.379 e. The van der Waals surface area contributed by atoms with Gasteiger partial charge in [0.05, 0.1) is 26.3 Å². The average molecular weight is 426 g/mol. The molecule has 0 saturated carbocycles. The summed E-state index contributed by atoms with van der Waals surface area (Å²) in [5.74, 6) is 0.757. The van der Waals surface area contributed by atoms with E-state index in [2.05, 4.69) is 20.9 Å². The zero-order valence-corrected chi connectivity index (χ0v) is 18.1. The first-order chi connectivity index (χ1) is 13.4. The first kappa shape index (κ1) is 20.8. The predicted molar refractivity (Wildman–Crippen MR) is 111 cm³/mol. The summed E-state index contributed by atoms with van der Waals surface area (Å²) in [6.45, 7) is 2.96. The zero-order valence-electron chi connectivity index (χ0n) is 16.5. The number of rotatable bonds is 6. The molecule has 2 aromatic heterocycles. The lowest BCUT2D eigenvalue weighted by Crippen LogP contribution is -2.40. The highest BCUT2D eigenvalue weighted by atomic mass is 32.2. The highest BCUT2D eigenvalue weighted by molar-refractivity contribution is 7.91. The Morgan fingerprint density at radius 2 is 2.07 bits per heavy atom. The van der Waals surface area contributed by atoms with Crippen LogP contribution in [0, 0.1) is 0 Å². The number of morpholine rings is 1. The topological polar surface area (TPSA) is 79.2 Å². The van der Waals surface area contributed by atoms with Gasteiger partial charge in [-0.1, -0.05) is 0 Å². The number of guanidine groups is 1. The van der Waals surface area contributed by atoms with E-state index < -0.39 is 10.0 Å². The summed E-state index contributed by atoms with van der Waals surface area (Å²) in [5, 5.41) is 3.31. The lowest BCUT2D eigenvalue weighted by Gasteiger charge is -2.25. The first-order valence-corrected chi connectivity index (χ1v) is 11.4. The molecule has 1 aliphatic heterocycles. The minimum absolute atomic E-state index is 0.373. The van der Waals surface area contributed by atoms with E-state index in [0.29, 0.717) is 37.1 Å². The van der Waals surface area contributed by atoms with E-state index in [1.54, 1.807) is 13.1 Å². The van der Waals surface area contributed by atoms with Gasteiger partial charge in [-0.3, -0.25) is 4.99 Å². The Morgan fingerprint density at radius 1 is 1.32 bits per heavy atom. The fourth-order valence-electron chi connectivity index (χ4n) is 3.04. The van der Waals surface area contributed by atoms with E-state index in [-0.39, 0.29) is 0 Å². The molecule has 1 aliphatic rings. The van der Waals surface area contributed by atoms with E-state index in [1.165, 1.54) is 21.3 Å². The van der Waals surface area contributed by atoms with E-state index in [0.717, 1.165) is 17.4 Å². The van der Waals surface area contributed by atoms with E-state index in [9.17, 15) is 8.42 Å². The van der Waals surface area contributed by atoms with Crippen LogP contribution in [0.3, 0.4) is 0 Å². The van der Waals surface area contributed by atoms with Crippen LogP contribution in [-0.2, 0) is 34.9 Å². The molecule has 0 radical (unpaired) electrons. The van der Waals surface area contributed by atoms with Gasteiger partial charge in [0.1, 0.15) is 4.21 Å². The van der Waals surface area contributed by atoms with Crippen LogP contribution >= 0.6 is 11.3 Å². The van der Waals surface area contributed by atoms with Crippen LogP contribution in [0.1, 0.15) is 10.6 Å². The van der Waals surface area contributed by atoms with Gasteiger partial charge in [0.25, 0.3) is 10.0 Å². The van der Waals surface area contributed by atoms with Gasteiger partial charge in [-0.05, 0) is 24.3 Å². The second-order valence-electron chi connectivity index (χ2n) is 6.60. The van der Waals surface area contributed by atoms with E-state index >= 15 is 0 Å². The number of sulfonamides is 1. The van der Waals surface area contributed by atoms with Crippen molar-refractivity contribution in [1.29, 1.82) is 0 Å². The minimum atomic E-state index is -3.44. The second kappa shape index (κ2) is 9.08. The van der Waals surface area contributed by atoms with Crippen molar-refractivity contribution in [2.45, 2.75) is 17.3 Å². The number of ether oxygens (including phenoxy) is 1. The molecule has 1 fully saturated rings. The normalized spacial score (nSPS) is 16.3. The smallest absolute Gasteiger partial charge is 0.252 e. The molecule has 0 aromatic carbocycles. The van der Waals surface area contributed by atoms with Crippen molar-refractivity contribution in [3.05, 3.63) is 41.0 Å². The molecule has 0 spiro atoms. The van der Waals surface area contributed by atoms with Crippen molar-refractivity contribution >= 4 is 27.3 Å². The van der Waals surface area contributed by atoms with Gasteiger partial charge in [0.2, 0.25) is 0 Å². The molecule has 1 N–H and O–H groups in total. The Labute approximate surface area is 170 Å². The SMILES string of the molecule is CN=C(NCc1ccc(S(=O)(=O)N2CCOCC2)s1)N(C)Cc1cccn1C. The summed E-state index contributed by atoms with van der Waals surface area (Å²) >= 11 is 1.29. The van der Waals surface area contributed by atoms with Gasteiger partial charge in [-0.2, -0.15) is 4.31 Å². The summed E-state index contributed by atoms with van der Waals surface area (Å²) < 4.78 is 34.7. The molecule has 28 heavy (non-hydrogen) atoms. The molecule has 3 heterocycles. The summed E-state index contributed by atoms with van der Waals surface area (Å²) in [5.41, 5.74) is 1.18. The first-order valence-electron chi connectivity index (χ1n) is 9.10. The largest absolute Gasteiger partial charge is 0.379 e. The maximum Gasteiger partial charge on any atom is 0.252 e. The molecule has 3 rings (SSSR count). The summed E-state index contributed by atoms with van der Waals surface area (Å²) in [7, 11) is 2.30. The highest BCUT2D eigenvalue weighted by Gasteiger charge is 2.27. The van der Waals surface area contributed by atoms with Gasteiger partial charge in [-0.25, -0.2) is 8.42 Å². The summed E-state index contributed by atoms with van der Waals surface area (Å²) in [6, 6.07) is 7.63. The van der Waals surface area contributed by atoms with Crippen molar-refractivity contribution in [3.8, 4) is 0 Å². The number of thiophene rings is 1. The molecule has 0 bridgehead atoms. The Morgan fingerprint density at radius 3 is 2.71 bits per heavy atom. The standard InChI is InChI=1S/C18H27N5O3S2/c1-19-18(22(3)14-15-5-4-8-21(15)2)20-13-16-6-7-17(27-16)28(24,25)23-9-11-26-12-10-23/h4-8H,9-14H2,1-3H3,(H,19,20). The van der Waals surface area contributed by atoms with Crippen molar-refractivity contribution in [1.82, 2.24) is 19.1 Å². The molecule has 8 nitrogen and oxygen atoms in total. The van der Waals surface area contributed by atoms with E-state index in [4.69, 9.17) is 4.74 Å². The maximum atomic E-state index is 12.7. The maximum absolute atomic E-state index is 12.7. The predicted octanol–water partition coefficient (Wildman–Crippen LogP) is 1.31. The van der Waals surface area contributed by atoms with Gasteiger partial charge in [-0.15, -0.1) is 11.3 Å². The fraction of sp³-hybridized carbons (Fsp3) is 0.500. The summed E-state index contributed by atoms with van der Waals surface area (Å²) in [4.78, 5) is 7.31. The average Bonchev–Trinajstić information content (AvgIpc) is 3.33. The van der Waals surface area contributed by atoms with Crippen LogP contribution in [-0.4, -0.2) is 68.5 Å². The Bertz CT molecular complexity index is 913. The van der Waals surface area contributed by atoms with Gasteiger partial charge >= 0.3 is 0 Å². The number of aryl methyl sites for hydroxylation is 1. The van der Waals surface area contributed by atoms with Crippen LogP contribution < -0.4 is 5.32 Å². The molecule has 0 unspecified atom stereocenters. The lowest BCUT2D eigenvalue weighted by atomic mass is 10.4. The number of hydrogen-bond donors (Lipinski definition) is 1. The molecule has 2 aromatic rings. The summed E-state index contributed by atoms with van der Waals surface area (Å²) in [6.07, 6.45) is 2.02. The molecule has 0 atom stereocenters. The third-order valence-corrected chi connectivity index (χ3v) is 8.10. The third-order valence-electron chi connectivity index (χ3n) is 4.65. The second-order valence-corrected chi connectivity index (χ2v) is 9.94. The molecular weight excluding hydrogens is 398 g/mol. The molecule has 0 amide bonds. The molecule has 10 heteroatoms. The number of hydrogen-bond acceptors (Lipinski definition) is 5. The zero-order chi connectivity index (χ0) is 20.1. The van der Waals surface area contributed by atoms with Crippen molar-refractivity contribution in [3.63, 3.8) is 0 Å². The number of aromatic nitrogens is 1. The van der Waals surface area contributed by atoms with Crippen LogP contribution in [0.5, 0.6) is 0 Å². The third kappa shape index (κ3) is 4.75. The molecular formula is C18H27N5O3S2. The molecule has 154 valence electrons. The van der Waals surface area contributed by atoms with Crippen LogP contribution in [0.2, 0.25) is 0 Å². The Balaban J connectivity index is 1.60. The molecule has 1 saturated heterocycles. The molecule has 0 aliphatic carbocycles. The van der Waals surface area contributed by atoms with Gasteiger partial charge in [0.15, 0.2) is 5.96 Å². The van der Waals surface area contributed by atoms with Gasteiger partial charge < -0.3 is 19.5 Å². The van der Waals surface area contributed by atoms with E-state index in [1.807, 2.05) is 37.3 Å². The lowest BCUT2D eigenvalue weighted by molar-refractivity contribution is 0.0731. The van der Waals surface area contributed by atoms with Gasteiger partial charge in [0, 0.05) is 51.0 Å². The number of nitrogens with zero attached hydrogens (tertiary/aromatic N) is 4. The van der Waals surface area contributed by atoms with Crippen molar-refractivity contribution in [2.24, 2.45) is 12.0 Å².